The number of carbonyl (C=O) groups is 1. The van der Waals surface area contributed by atoms with Crippen LogP contribution in [-0.4, -0.2) is 29.9 Å². The first-order valence-electron chi connectivity index (χ1n) is 9.70. The van der Waals surface area contributed by atoms with Gasteiger partial charge in [-0.05, 0) is 54.8 Å². The summed E-state index contributed by atoms with van der Waals surface area (Å²) in [6.45, 7) is 4.04. The Bertz CT molecular complexity index is 961. The van der Waals surface area contributed by atoms with Gasteiger partial charge in [0.25, 0.3) is 5.91 Å². The van der Waals surface area contributed by atoms with Gasteiger partial charge in [0.2, 0.25) is 0 Å². The van der Waals surface area contributed by atoms with E-state index in [-0.39, 0.29) is 35.6 Å². The molecule has 0 aliphatic heterocycles. The number of hydrogen-bond acceptors (Lipinski definition) is 4. The van der Waals surface area contributed by atoms with Gasteiger partial charge >= 0.3 is 0 Å². The second-order valence-corrected chi connectivity index (χ2v) is 6.88. The molecule has 2 aromatic heterocycles. The van der Waals surface area contributed by atoms with E-state index in [1.165, 1.54) is 6.26 Å². The molecule has 0 unspecified atom stereocenters. The molecule has 0 aliphatic rings. The number of carbonyl (C=O) groups excluding carboxylic acids is 1. The highest BCUT2D eigenvalue weighted by molar-refractivity contribution is 14.0. The average Bonchev–Trinajstić information content (AvgIpc) is 3.30. The molecule has 0 saturated carbocycles. The molecule has 0 spiro atoms. The Labute approximate surface area is 203 Å². The van der Waals surface area contributed by atoms with Gasteiger partial charge in [-0.25, -0.2) is 9.98 Å². The van der Waals surface area contributed by atoms with Crippen molar-refractivity contribution in [3.05, 3.63) is 83.0 Å². The molecule has 7 nitrogen and oxygen atoms in total. The van der Waals surface area contributed by atoms with Crippen molar-refractivity contribution in [1.29, 1.82) is 0 Å². The summed E-state index contributed by atoms with van der Waals surface area (Å²) in [6, 6.07) is 14.6. The lowest BCUT2D eigenvalue weighted by Crippen LogP contribution is -2.38. The van der Waals surface area contributed by atoms with E-state index in [1.54, 1.807) is 24.4 Å². The Kier molecular flexibility index (Phi) is 10.3. The summed E-state index contributed by atoms with van der Waals surface area (Å²) in [5.74, 6) is 0.745. The quantitative estimate of drug-likeness (QED) is 0.165. The molecular formula is C22H25ClIN5O2. The van der Waals surface area contributed by atoms with Crippen molar-refractivity contribution in [3.8, 4) is 0 Å². The van der Waals surface area contributed by atoms with Crippen molar-refractivity contribution in [1.82, 2.24) is 15.6 Å². The summed E-state index contributed by atoms with van der Waals surface area (Å²) in [4.78, 5) is 20.7. The Morgan fingerprint density at radius 2 is 1.87 bits per heavy atom. The molecule has 0 fully saturated rings. The maximum atomic E-state index is 12.0. The van der Waals surface area contributed by atoms with Crippen LogP contribution in [0.5, 0.6) is 0 Å². The van der Waals surface area contributed by atoms with E-state index in [0.717, 1.165) is 36.6 Å². The number of benzene rings is 1. The van der Waals surface area contributed by atoms with Gasteiger partial charge in [-0.15, -0.1) is 24.0 Å². The van der Waals surface area contributed by atoms with Crippen LogP contribution >= 0.6 is 35.6 Å². The smallest absolute Gasteiger partial charge is 0.291 e. The molecule has 3 rings (SSSR count). The highest BCUT2D eigenvalue weighted by atomic mass is 127. The summed E-state index contributed by atoms with van der Waals surface area (Å²) in [5, 5.41) is 9.84. The number of furan rings is 1. The van der Waals surface area contributed by atoms with Crippen LogP contribution in [0.4, 0.5) is 5.69 Å². The molecular weight excluding hydrogens is 529 g/mol. The predicted octanol–water partition coefficient (Wildman–Crippen LogP) is 4.50. The van der Waals surface area contributed by atoms with E-state index in [1.807, 2.05) is 37.3 Å². The molecule has 1 aromatic carbocycles. The van der Waals surface area contributed by atoms with E-state index in [2.05, 4.69) is 25.9 Å². The number of nitrogens with zero attached hydrogens (tertiary/aromatic N) is 2. The number of pyridine rings is 1. The van der Waals surface area contributed by atoms with Crippen LogP contribution in [0.2, 0.25) is 5.15 Å². The predicted molar refractivity (Wildman–Crippen MR) is 134 cm³/mol. The number of aliphatic imine (C=N–C) groups is 1. The number of guanidine groups is 1. The standard InChI is InChI=1S/C22H24ClN5O2.HI/c1-2-24-22(25-12-11-17-7-10-20(23)26-14-17)27-15-16-5-8-18(9-6-16)28-21(29)19-4-3-13-30-19;/h3-10,13-14H,2,11-12,15H2,1H3,(H,28,29)(H2,24,25,27);1H. The minimum absolute atomic E-state index is 0. The molecule has 164 valence electrons. The fourth-order valence-corrected chi connectivity index (χ4v) is 2.80. The van der Waals surface area contributed by atoms with Crippen LogP contribution in [0.1, 0.15) is 28.6 Å². The first kappa shape index (κ1) is 24.7. The van der Waals surface area contributed by atoms with Gasteiger partial charge in [-0.2, -0.15) is 0 Å². The lowest BCUT2D eigenvalue weighted by atomic mass is 10.2. The molecule has 31 heavy (non-hydrogen) atoms. The molecule has 3 N–H and O–H groups in total. The lowest BCUT2D eigenvalue weighted by molar-refractivity contribution is 0.0996. The minimum Gasteiger partial charge on any atom is -0.459 e. The summed E-state index contributed by atoms with van der Waals surface area (Å²) in [7, 11) is 0. The van der Waals surface area contributed by atoms with E-state index in [9.17, 15) is 4.79 Å². The SMILES string of the molecule is CCNC(=NCc1ccc(NC(=O)c2ccco2)cc1)NCCc1ccc(Cl)nc1.I. The number of hydrogen-bond donors (Lipinski definition) is 3. The average molecular weight is 554 g/mol. The van der Waals surface area contributed by atoms with Crippen LogP contribution in [0, 0.1) is 0 Å². The fourth-order valence-electron chi connectivity index (χ4n) is 2.69. The van der Waals surface area contributed by atoms with Crippen molar-refractivity contribution >= 4 is 53.1 Å². The van der Waals surface area contributed by atoms with Crippen LogP contribution in [-0.2, 0) is 13.0 Å². The van der Waals surface area contributed by atoms with Crippen molar-refractivity contribution in [2.75, 3.05) is 18.4 Å². The Hall–Kier alpha value is -2.59. The minimum atomic E-state index is -0.278. The summed E-state index contributed by atoms with van der Waals surface area (Å²) in [6.07, 6.45) is 4.07. The zero-order valence-electron chi connectivity index (χ0n) is 17.1. The molecule has 0 bridgehead atoms. The van der Waals surface area contributed by atoms with E-state index < -0.39 is 0 Å². The number of halogens is 2. The normalized spacial score (nSPS) is 10.8. The molecule has 3 aromatic rings. The summed E-state index contributed by atoms with van der Waals surface area (Å²) < 4.78 is 5.09. The first-order chi connectivity index (χ1) is 14.6. The largest absolute Gasteiger partial charge is 0.459 e. The Morgan fingerprint density at radius 3 is 2.52 bits per heavy atom. The highest BCUT2D eigenvalue weighted by Crippen LogP contribution is 2.12. The van der Waals surface area contributed by atoms with E-state index >= 15 is 0 Å². The lowest BCUT2D eigenvalue weighted by Gasteiger charge is -2.11. The van der Waals surface area contributed by atoms with Crippen molar-refractivity contribution in [3.63, 3.8) is 0 Å². The second-order valence-electron chi connectivity index (χ2n) is 6.49. The fraction of sp³-hybridized carbons (Fsp3) is 0.227. The number of nitrogens with one attached hydrogen (secondary N) is 3. The molecule has 0 atom stereocenters. The molecule has 0 radical (unpaired) electrons. The van der Waals surface area contributed by atoms with Gasteiger partial charge in [-0.3, -0.25) is 4.79 Å². The molecule has 1 amide bonds. The monoisotopic (exact) mass is 553 g/mol. The summed E-state index contributed by atoms with van der Waals surface area (Å²) in [5.41, 5.74) is 2.84. The van der Waals surface area contributed by atoms with E-state index in [0.29, 0.717) is 17.4 Å². The van der Waals surface area contributed by atoms with Gasteiger partial charge in [0, 0.05) is 25.0 Å². The zero-order valence-corrected chi connectivity index (χ0v) is 20.2. The van der Waals surface area contributed by atoms with Crippen molar-refractivity contribution < 1.29 is 9.21 Å². The van der Waals surface area contributed by atoms with Crippen LogP contribution < -0.4 is 16.0 Å². The van der Waals surface area contributed by atoms with Gasteiger partial charge in [0.1, 0.15) is 5.15 Å². The molecule has 0 aliphatic carbocycles. The van der Waals surface area contributed by atoms with Crippen LogP contribution in [0.15, 0.2) is 70.4 Å². The number of amides is 1. The third-order valence-corrected chi connectivity index (χ3v) is 4.44. The first-order valence-corrected chi connectivity index (χ1v) is 10.1. The highest BCUT2D eigenvalue weighted by Gasteiger charge is 2.08. The topological polar surface area (TPSA) is 91.5 Å². The maximum Gasteiger partial charge on any atom is 0.291 e. The Morgan fingerprint density at radius 1 is 1.10 bits per heavy atom. The third kappa shape index (κ3) is 8.22. The zero-order chi connectivity index (χ0) is 21.2. The van der Waals surface area contributed by atoms with Gasteiger partial charge < -0.3 is 20.4 Å². The van der Waals surface area contributed by atoms with E-state index in [4.69, 9.17) is 16.0 Å². The number of aromatic nitrogens is 1. The molecule has 9 heteroatoms. The van der Waals surface area contributed by atoms with Crippen molar-refractivity contribution in [2.24, 2.45) is 4.99 Å². The van der Waals surface area contributed by atoms with Crippen molar-refractivity contribution in [2.45, 2.75) is 19.9 Å². The molecule has 0 saturated heterocycles. The maximum absolute atomic E-state index is 12.0. The number of rotatable bonds is 8. The molecule has 2 heterocycles. The van der Waals surface area contributed by atoms with Crippen LogP contribution in [0.25, 0.3) is 0 Å². The third-order valence-electron chi connectivity index (χ3n) is 4.22. The van der Waals surface area contributed by atoms with Gasteiger partial charge in [0.05, 0.1) is 12.8 Å². The Balaban J connectivity index is 0.00000341. The number of anilines is 1. The summed E-state index contributed by atoms with van der Waals surface area (Å²) >= 11 is 5.81. The van der Waals surface area contributed by atoms with Gasteiger partial charge in [-0.1, -0.05) is 29.8 Å². The van der Waals surface area contributed by atoms with Gasteiger partial charge in [0.15, 0.2) is 11.7 Å². The second kappa shape index (κ2) is 13.0. The van der Waals surface area contributed by atoms with Crippen LogP contribution in [0.3, 0.4) is 0 Å².